The van der Waals surface area contributed by atoms with E-state index in [1.807, 2.05) is 0 Å². The molecule has 1 aromatic carbocycles. The van der Waals surface area contributed by atoms with Crippen molar-refractivity contribution in [1.82, 2.24) is 9.97 Å². The molecular weight excluding hydrogens is 287 g/mol. The summed E-state index contributed by atoms with van der Waals surface area (Å²) in [5.74, 6) is 0. The van der Waals surface area contributed by atoms with Crippen LogP contribution in [0.25, 0.3) is 26.6 Å². The second kappa shape index (κ2) is 4.93. The Balaban J connectivity index is 2.22. The van der Waals surface area contributed by atoms with Crippen molar-refractivity contribution in [3.8, 4) is 5.44 Å². The lowest BCUT2D eigenvalue weighted by atomic mass is 10.1. The SMILES string of the molecule is Cc1ccc2c3ccc(C)nc3p(-c3cccc(C)n3)c2c1. The molecule has 0 bridgehead atoms. The average molecular weight is 304 g/mol. The predicted molar refractivity (Wildman–Crippen MR) is 95.3 cm³/mol. The average Bonchev–Trinajstić information content (AvgIpc) is 2.79. The lowest BCUT2D eigenvalue weighted by molar-refractivity contribution is 1.23. The highest BCUT2D eigenvalue weighted by Crippen LogP contribution is 2.53. The van der Waals surface area contributed by atoms with E-state index in [-0.39, 0.29) is 0 Å². The molecule has 0 spiro atoms. The fourth-order valence-corrected chi connectivity index (χ4v) is 5.62. The van der Waals surface area contributed by atoms with Gasteiger partial charge in [0.2, 0.25) is 0 Å². The van der Waals surface area contributed by atoms with Crippen LogP contribution in [-0.4, -0.2) is 9.97 Å². The van der Waals surface area contributed by atoms with Crippen molar-refractivity contribution in [2.75, 3.05) is 0 Å². The standard InChI is InChI=1S/C19H17N2P/c1-12-7-9-15-16-10-8-14(3)21-19(16)22(17(15)11-12)18-6-4-5-13(2)20-18/h4-11H,1-3H3. The molecule has 0 aliphatic rings. The van der Waals surface area contributed by atoms with E-state index >= 15 is 0 Å². The van der Waals surface area contributed by atoms with Crippen LogP contribution in [0.2, 0.25) is 0 Å². The van der Waals surface area contributed by atoms with Crippen molar-refractivity contribution in [2.24, 2.45) is 0 Å². The molecule has 0 amide bonds. The molecule has 108 valence electrons. The molecular formula is C19H17N2P. The molecule has 22 heavy (non-hydrogen) atoms. The Morgan fingerprint density at radius 2 is 1.55 bits per heavy atom. The fourth-order valence-electron chi connectivity index (χ4n) is 2.98. The molecule has 2 nitrogen and oxygen atoms in total. The van der Waals surface area contributed by atoms with E-state index in [0.29, 0.717) is 0 Å². The lowest BCUT2D eigenvalue weighted by Gasteiger charge is -2.04. The highest BCUT2D eigenvalue weighted by Gasteiger charge is 2.15. The number of pyridine rings is 2. The minimum Gasteiger partial charge on any atom is -0.249 e. The summed E-state index contributed by atoms with van der Waals surface area (Å²) in [6.07, 6.45) is 0. The van der Waals surface area contributed by atoms with Crippen molar-refractivity contribution < 1.29 is 0 Å². The van der Waals surface area contributed by atoms with Gasteiger partial charge in [-0.25, -0.2) is 9.97 Å². The van der Waals surface area contributed by atoms with Gasteiger partial charge in [-0.3, -0.25) is 0 Å². The Morgan fingerprint density at radius 3 is 2.36 bits per heavy atom. The van der Waals surface area contributed by atoms with E-state index in [2.05, 4.69) is 69.3 Å². The van der Waals surface area contributed by atoms with Gasteiger partial charge in [-0.15, -0.1) is 0 Å². The van der Waals surface area contributed by atoms with E-state index < -0.39 is 7.53 Å². The minimum absolute atomic E-state index is 0.643. The van der Waals surface area contributed by atoms with Crippen LogP contribution in [0.15, 0.2) is 48.5 Å². The topological polar surface area (TPSA) is 25.8 Å². The molecule has 0 saturated carbocycles. The molecule has 0 saturated heterocycles. The molecule has 4 rings (SSSR count). The van der Waals surface area contributed by atoms with Crippen molar-refractivity contribution in [3.63, 3.8) is 0 Å². The number of nitrogens with zero attached hydrogens (tertiary/aromatic N) is 2. The normalized spacial score (nSPS) is 12.2. The number of benzene rings is 1. The largest absolute Gasteiger partial charge is 0.249 e. The van der Waals surface area contributed by atoms with Crippen LogP contribution in [0.1, 0.15) is 17.0 Å². The molecule has 1 atom stereocenters. The number of hydrogen-bond donors (Lipinski definition) is 0. The summed E-state index contributed by atoms with van der Waals surface area (Å²) in [5.41, 5.74) is 4.58. The van der Waals surface area contributed by atoms with Crippen LogP contribution in [0, 0.1) is 20.8 Å². The third-order valence-electron chi connectivity index (χ3n) is 4.01. The van der Waals surface area contributed by atoms with Crippen LogP contribution in [0.3, 0.4) is 0 Å². The first kappa shape index (κ1) is 13.5. The first-order valence-electron chi connectivity index (χ1n) is 7.46. The van der Waals surface area contributed by atoms with Crippen molar-refractivity contribution >= 4 is 28.7 Å². The second-order valence-corrected chi connectivity index (χ2v) is 7.85. The first-order chi connectivity index (χ1) is 10.6. The molecule has 3 aromatic heterocycles. The summed E-state index contributed by atoms with van der Waals surface area (Å²) in [5, 5.41) is 5.19. The number of rotatable bonds is 1. The maximum absolute atomic E-state index is 4.87. The monoisotopic (exact) mass is 304 g/mol. The van der Waals surface area contributed by atoms with Gasteiger partial charge in [0.15, 0.2) is 0 Å². The molecule has 0 fully saturated rings. The predicted octanol–water partition coefficient (Wildman–Crippen LogP) is 5.68. The summed E-state index contributed by atoms with van der Waals surface area (Å²) in [4.78, 5) is 9.68. The van der Waals surface area contributed by atoms with E-state index in [0.717, 1.165) is 16.8 Å². The third-order valence-corrected chi connectivity index (χ3v) is 6.34. The van der Waals surface area contributed by atoms with Crippen LogP contribution in [-0.2, 0) is 0 Å². The smallest absolute Gasteiger partial charge is 0.0963 e. The lowest BCUT2D eigenvalue weighted by Crippen LogP contribution is -1.82. The van der Waals surface area contributed by atoms with Gasteiger partial charge in [-0.2, -0.15) is 0 Å². The van der Waals surface area contributed by atoms with Crippen molar-refractivity contribution in [1.29, 1.82) is 0 Å². The summed E-state index contributed by atoms with van der Waals surface area (Å²) < 4.78 is 0. The number of aryl methyl sites for hydroxylation is 3. The van der Waals surface area contributed by atoms with Gasteiger partial charge in [-0.05, 0) is 58.0 Å². The van der Waals surface area contributed by atoms with E-state index in [1.54, 1.807) is 0 Å². The summed E-state index contributed by atoms with van der Waals surface area (Å²) in [6, 6.07) is 17.3. The molecule has 4 aromatic rings. The first-order valence-corrected chi connectivity index (χ1v) is 8.80. The van der Waals surface area contributed by atoms with Gasteiger partial charge in [0, 0.05) is 21.9 Å². The Labute approximate surface area is 130 Å². The molecule has 1 unspecified atom stereocenters. The van der Waals surface area contributed by atoms with E-state index in [4.69, 9.17) is 9.97 Å². The van der Waals surface area contributed by atoms with Crippen LogP contribution >= 0.6 is 7.53 Å². The Kier molecular flexibility index (Phi) is 3.02. The molecule has 0 aliphatic carbocycles. The zero-order chi connectivity index (χ0) is 15.3. The number of fused-ring (bicyclic) bond motifs is 3. The summed E-state index contributed by atoms with van der Waals surface area (Å²) in [6.45, 7) is 6.27. The van der Waals surface area contributed by atoms with Gasteiger partial charge >= 0.3 is 0 Å². The summed E-state index contributed by atoms with van der Waals surface area (Å²) >= 11 is 0. The zero-order valence-electron chi connectivity index (χ0n) is 13.0. The Bertz CT molecular complexity index is 955. The Morgan fingerprint density at radius 1 is 0.773 bits per heavy atom. The quantitative estimate of drug-likeness (QED) is 0.452. The molecule has 0 N–H and O–H groups in total. The van der Waals surface area contributed by atoms with Crippen LogP contribution in [0.5, 0.6) is 0 Å². The van der Waals surface area contributed by atoms with Gasteiger partial charge in [-0.1, -0.05) is 29.8 Å². The fraction of sp³-hybridized carbons (Fsp3) is 0.158. The van der Waals surface area contributed by atoms with Crippen molar-refractivity contribution in [3.05, 3.63) is 65.5 Å². The maximum Gasteiger partial charge on any atom is 0.0963 e. The van der Waals surface area contributed by atoms with Gasteiger partial charge in [0.25, 0.3) is 0 Å². The Hall–Kier alpha value is -2.18. The third kappa shape index (κ3) is 2.03. The zero-order valence-corrected chi connectivity index (χ0v) is 13.9. The summed E-state index contributed by atoms with van der Waals surface area (Å²) in [7, 11) is -0.643. The van der Waals surface area contributed by atoms with Gasteiger partial charge < -0.3 is 0 Å². The molecule has 0 aliphatic heterocycles. The number of hydrogen-bond acceptors (Lipinski definition) is 2. The van der Waals surface area contributed by atoms with Gasteiger partial charge in [0.05, 0.1) is 10.7 Å². The molecule has 0 radical (unpaired) electrons. The highest BCUT2D eigenvalue weighted by atomic mass is 31.1. The minimum atomic E-state index is -0.643. The van der Waals surface area contributed by atoms with Crippen LogP contribution in [0.4, 0.5) is 0 Å². The molecule has 3 heteroatoms. The van der Waals surface area contributed by atoms with Crippen molar-refractivity contribution in [2.45, 2.75) is 20.8 Å². The maximum atomic E-state index is 4.87. The number of aromatic nitrogens is 2. The van der Waals surface area contributed by atoms with E-state index in [9.17, 15) is 0 Å². The van der Waals surface area contributed by atoms with Crippen LogP contribution < -0.4 is 0 Å². The highest BCUT2D eigenvalue weighted by molar-refractivity contribution is 7.67. The van der Waals surface area contributed by atoms with E-state index in [1.165, 1.54) is 26.7 Å². The molecule has 3 heterocycles. The van der Waals surface area contributed by atoms with Gasteiger partial charge in [0.1, 0.15) is 0 Å². The second-order valence-electron chi connectivity index (χ2n) is 5.82.